The van der Waals surface area contributed by atoms with Crippen LogP contribution in [0.25, 0.3) is 6.08 Å². The van der Waals surface area contributed by atoms with Crippen molar-refractivity contribution in [1.29, 1.82) is 0 Å². The van der Waals surface area contributed by atoms with Gasteiger partial charge in [-0.05, 0) is 32.1 Å². The van der Waals surface area contributed by atoms with E-state index < -0.39 is 0 Å². The van der Waals surface area contributed by atoms with Crippen LogP contribution in [-0.2, 0) is 4.74 Å². The third-order valence-corrected chi connectivity index (χ3v) is 1.54. The lowest BCUT2D eigenvalue weighted by Gasteiger charge is -1.97. The highest BCUT2D eigenvalue weighted by Gasteiger charge is 1.97. The van der Waals surface area contributed by atoms with Gasteiger partial charge in [0.2, 0.25) is 0 Å². The number of nitrogens with zero attached hydrogens (tertiary/aromatic N) is 1. The van der Waals surface area contributed by atoms with E-state index in [0.717, 1.165) is 0 Å². The van der Waals surface area contributed by atoms with Gasteiger partial charge in [0.05, 0.1) is 24.3 Å². The first kappa shape index (κ1) is 9.71. The zero-order valence-corrected chi connectivity index (χ0v) is 7.75. The second-order valence-corrected chi connectivity index (χ2v) is 2.56. The maximum atomic E-state index is 12.8. The quantitative estimate of drug-likeness (QED) is 0.668. The zero-order valence-electron chi connectivity index (χ0n) is 7.75. The van der Waals surface area contributed by atoms with Gasteiger partial charge >= 0.3 is 0 Å². The minimum absolute atomic E-state index is 0.284. The van der Waals surface area contributed by atoms with Crippen LogP contribution in [-0.4, -0.2) is 11.6 Å². The first-order valence-electron chi connectivity index (χ1n) is 4.15. The fourth-order valence-electron chi connectivity index (χ4n) is 0.870. The van der Waals surface area contributed by atoms with Crippen molar-refractivity contribution in [3.8, 4) is 0 Å². The summed E-state index contributed by atoms with van der Waals surface area (Å²) in [6.07, 6.45) is 3.26. The molecule has 3 heteroatoms. The van der Waals surface area contributed by atoms with E-state index in [-0.39, 0.29) is 5.82 Å². The average molecular weight is 181 g/mol. The Bertz CT molecular complexity index is 310. The largest absolute Gasteiger partial charge is 0.501 e. The van der Waals surface area contributed by atoms with Gasteiger partial charge in [0.15, 0.2) is 0 Å². The third kappa shape index (κ3) is 2.86. The smallest absolute Gasteiger partial charge is 0.144 e. The van der Waals surface area contributed by atoms with Crippen molar-refractivity contribution in [2.24, 2.45) is 0 Å². The van der Waals surface area contributed by atoms with Crippen LogP contribution in [0, 0.1) is 12.7 Å². The monoisotopic (exact) mass is 181 g/mol. The molecule has 1 heterocycles. The summed E-state index contributed by atoms with van der Waals surface area (Å²) in [5.74, 6) is -0.284. The highest BCUT2D eigenvalue weighted by molar-refractivity contribution is 5.43. The van der Waals surface area contributed by atoms with Gasteiger partial charge in [-0.1, -0.05) is 0 Å². The Labute approximate surface area is 77.1 Å². The lowest BCUT2D eigenvalue weighted by atomic mass is 10.3. The molecule has 0 amide bonds. The van der Waals surface area contributed by atoms with Crippen LogP contribution in [0.2, 0.25) is 0 Å². The van der Waals surface area contributed by atoms with Crippen molar-refractivity contribution >= 4 is 6.08 Å². The molecule has 13 heavy (non-hydrogen) atoms. The molecule has 0 aliphatic carbocycles. The summed E-state index contributed by atoms with van der Waals surface area (Å²) in [4.78, 5) is 4.00. The van der Waals surface area contributed by atoms with E-state index in [1.165, 1.54) is 6.07 Å². The summed E-state index contributed by atoms with van der Waals surface area (Å²) in [7, 11) is 0. The van der Waals surface area contributed by atoms with E-state index in [1.54, 1.807) is 25.3 Å². The van der Waals surface area contributed by atoms with Gasteiger partial charge in [-0.2, -0.15) is 0 Å². The number of ether oxygens (including phenoxy) is 1. The molecule has 0 saturated heterocycles. The molecular weight excluding hydrogens is 169 g/mol. The summed E-state index contributed by atoms with van der Waals surface area (Å²) in [6, 6.07) is 3.01. The van der Waals surface area contributed by atoms with Crippen LogP contribution >= 0.6 is 0 Å². The molecule has 0 N–H and O–H groups in total. The molecule has 0 unspecified atom stereocenters. The normalized spacial score (nSPS) is 10.7. The van der Waals surface area contributed by atoms with Crippen molar-refractivity contribution in [3.63, 3.8) is 0 Å². The topological polar surface area (TPSA) is 22.1 Å². The lowest BCUT2D eigenvalue weighted by molar-refractivity contribution is 0.272. The van der Waals surface area contributed by atoms with Gasteiger partial charge in [0.1, 0.15) is 5.82 Å². The van der Waals surface area contributed by atoms with E-state index >= 15 is 0 Å². The second kappa shape index (κ2) is 4.60. The van der Waals surface area contributed by atoms with E-state index in [4.69, 9.17) is 4.74 Å². The summed E-state index contributed by atoms with van der Waals surface area (Å²) in [5, 5.41) is 0. The van der Waals surface area contributed by atoms with Crippen LogP contribution < -0.4 is 0 Å². The molecule has 0 aromatic carbocycles. The number of halogens is 1. The molecule has 2 nitrogen and oxygen atoms in total. The molecule has 1 aromatic heterocycles. The highest BCUT2D eigenvalue weighted by atomic mass is 19.1. The Morgan fingerprint density at radius 2 is 2.31 bits per heavy atom. The summed E-state index contributed by atoms with van der Waals surface area (Å²) in [5.41, 5.74) is 1.10. The fraction of sp³-hybridized carbons (Fsp3) is 0.300. The van der Waals surface area contributed by atoms with E-state index in [0.29, 0.717) is 18.0 Å². The van der Waals surface area contributed by atoms with E-state index in [9.17, 15) is 4.39 Å². The summed E-state index contributed by atoms with van der Waals surface area (Å²) < 4.78 is 17.8. The first-order chi connectivity index (χ1) is 6.24. The van der Waals surface area contributed by atoms with Gasteiger partial charge in [0.25, 0.3) is 0 Å². The van der Waals surface area contributed by atoms with Crippen molar-refractivity contribution in [2.75, 3.05) is 6.61 Å². The maximum absolute atomic E-state index is 12.8. The fourth-order valence-corrected chi connectivity index (χ4v) is 0.870. The number of aromatic nitrogens is 1. The number of pyridine rings is 1. The predicted octanol–water partition coefficient (Wildman–Crippen LogP) is 2.54. The average Bonchev–Trinajstić information content (AvgIpc) is 2.12. The van der Waals surface area contributed by atoms with Gasteiger partial charge in [-0.15, -0.1) is 0 Å². The minimum Gasteiger partial charge on any atom is -0.501 e. The van der Waals surface area contributed by atoms with Crippen molar-refractivity contribution in [1.82, 2.24) is 4.98 Å². The van der Waals surface area contributed by atoms with Crippen molar-refractivity contribution in [3.05, 3.63) is 35.6 Å². The highest BCUT2D eigenvalue weighted by Crippen LogP contribution is 2.05. The van der Waals surface area contributed by atoms with Crippen molar-refractivity contribution < 1.29 is 9.13 Å². The minimum atomic E-state index is -0.284. The van der Waals surface area contributed by atoms with Gasteiger partial charge in [0, 0.05) is 0 Å². The second-order valence-electron chi connectivity index (χ2n) is 2.56. The Hall–Kier alpha value is -1.38. The van der Waals surface area contributed by atoms with E-state index in [1.807, 2.05) is 6.92 Å². The first-order valence-corrected chi connectivity index (χ1v) is 4.15. The summed E-state index contributed by atoms with van der Waals surface area (Å²) >= 11 is 0. The molecule has 1 aromatic rings. The third-order valence-electron chi connectivity index (χ3n) is 1.54. The summed E-state index contributed by atoms with van der Waals surface area (Å²) in [6.45, 7) is 4.15. The number of aryl methyl sites for hydroxylation is 1. The zero-order chi connectivity index (χ0) is 9.68. The van der Waals surface area contributed by atoms with Gasteiger partial charge in [-0.25, -0.2) is 4.39 Å². The molecule has 0 saturated carbocycles. The molecule has 0 bridgehead atoms. The van der Waals surface area contributed by atoms with Crippen LogP contribution in [0.1, 0.15) is 18.3 Å². The Morgan fingerprint density at radius 1 is 1.54 bits per heavy atom. The van der Waals surface area contributed by atoms with Crippen LogP contribution in [0.4, 0.5) is 4.39 Å². The molecule has 0 aliphatic rings. The van der Waals surface area contributed by atoms with Crippen LogP contribution in [0.15, 0.2) is 18.4 Å². The van der Waals surface area contributed by atoms with Crippen LogP contribution in [0.3, 0.4) is 0 Å². The molecule has 0 radical (unpaired) electrons. The van der Waals surface area contributed by atoms with Crippen LogP contribution in [0.5, 0.6) is 0 Å². The standard InChI is InChI=1S/C10H12FNO/c1-3-13-7-6-9-4-5-10(11)8(2)12-9/h4-7H,3H2,1-2H3. The molecule has 70 valence electrons. The molecule has 1 rings (SSSR count). The van der Waals surface area contributed by atoms with E-state index in [2.05, 4.69) is 4.98 Å². The number of hydrogen-bond acceptors (Lipinski definition) is 2. The maximum Gasteiger partial charge on any atom is 0.144 e. The molecular formula is C10H12FNO. The SMILES string of the molecule is CCOC=Cc1ccc(F)c(C)n1. The number of hydrogen-bond donors (Lipinski definition) is 0. The molecule has 0 fully saturated rings. The molecule has 0 spiro atoms. The number of rotatable bonds is 3. The Balaban J connectivity index is 2.73. The Kier molecular flexibility index (Phi) is 3.43. The predicted molar refractivity (Wildman–Crippen MR) is 49.6 cm³/mol. The van der Waals surface area contributed by atoms with Gasteiger partial charge in [-0.3, -0.25) is 4.98 Å². The van der Waals surface area contributed by atoms with Crippen molar-refractivity contribution in [2.45, 2.75) is 13.8 Å². The Morgan fingerprint density at radius 3 is 2.92 bits per heavy atom. The molecule has 0 atom stereocenters. The molecule has 0 aliphatic heterocycles. The van der Waals surface area contributed by atoms with Gasteiger partial charge < -0.3 is 4.74 Å². The lowest BCUT2D eigenvalue weighted by Crippen LogP contribution is -1.89.